The Bertz CT molecular complexity index is 461. The lowest BCUT2D eigenvalue weighted by Gasteiger charge is -2.29. The number of benzene rings is 1. The molecule has 0 unspecified atom stereocenters. The van der Waals surface area contributed by atoms with E-state index < -0.39 is 11.7 Å². The van der Waals surface area contributed by atoms with Crippen molar-refractivity contribution in [2.75, 3.05) is 18.5 Å². The number of ether oxygens (including phenoxy) is 1. The van der Waals surface area contributed by atoms with Crippen LogP contribution in [0.4, 0.5) is 18.9 Å². The molecule has 0 atom stereocenters. The van der Waals surface area contributed by atoms with E-state index in [-0.39, 0.29) is 17.3 Å². The molecule has 17 heavy (non-hydrogen) atoms. The van der Waals surface area contributed by atoms with Crippen molar-refractivity contribution in [3.63, 3.8) is 0 Å². The monoisotopic (exact) mass is 242 g/mol. The Balaban J connectivity index is 2.33. The van der Waals surface area contributed by atoms with Crippen molar-refractivity contribution in [3.05, 3.63) is 29.3 Å². The van der Waals surface area contributed by atoms with Gasteiger partial charge in [-0.3, -0.25) is 0 Å². The van der Waals surface area contributed by atoms with Gasteiger partial charge in [-0.2, -0.15) is 18.4 Å². The lowest BCUT2D eigenvalue weighted by Crippen LogP contribution is -2.40. The lowest BCUT2D eigenvalue weighted by molar-refractivity contribution is -0.137. The first-order valence-electron chi connectivity index (χ1n) is 4.96. The minimum absolute atomic E-state index is 0.00673. The molecule has 1 aromatic rings. The van der Waals surface area contributed by atoms with Gasteiger partial charge in [-0.25, -0.2) is 0 Å². The van der Waals surface area contributed by atoms with Gasteiger partial charge in [0.1, 0.15) is 0 Å². The molecule has 1 aliphatic heterocycles. The van der Waals surface area contributed by atoms with E-state index in [0.29, 0.717) is 13.2 Å². The zero-order valence-corrected chi connectivity index (χ0v) is 8.71. The fourth-order valence-corrected chi connectivity index (χ4v) is 1.51. The second-order valence-electron chi connectivity index (χ2n) is 3.75. The quantitative estimate of drug-likeness (QED) is 0.866. The Kier molecular flexibility index (Phi) is 2.94. The van der Waals surface area contributed by atoms with Crippen molar-refractivity contribution >= 4 is 5.69 Å². The molecule has 0 spiro atoms. The maximum absolute atomic E-state index is 12.8. The molecule has 0 aromatic heterocycles. The number of hydrogen-bond donors (Lipinski definition) is 1. The summed E-state index contributed by atoms with van der Waals surface area (Å²) in [5, 5.41) is 11.4. The number of nitrogens with one attached hydrogen (secondary N) is 1. The molecule has 0 amide bonds. The van der Waals surface area contributed by atoms with Crippen LogP contribution in [-0.4, -0.2) is 19.3 Å². The van der Waals surface area contributed by atoms with E-state index in [1.54, 1.807) is 6.07 Å². The predicted octanol–water partition coefficient (Wildman–Crippen LogP) is 2.39. The molecule has 1 N–H and O–H groups in total. The van der Waals surface area contributed by atoms with E-state index in [9.17, 15) is 13.2 Å². The van der Waals surface area contributed by atoms with Gasteiger partial charge in [0.05, 0.1) is 36.5 Å². The third-order valence-electron chi connectivity index (χ3n) is 2.45. The van der Waals surface area contributed by atoms with Crippen molar-refractivity contribution in [2.45, 2.75) is 12.2 Å². The van der Waals surface area contributed by atoms with E-state index in [0.717, 1.165) is 6.07 Å². The molecule has 0 saturated carbocycles. The van der Waals surface area contributed by atoms with Gasteiger partial charge in [-0.15, -0.1) is 0 Å². The van der Waals surface area contributed by atoms with Crippen LogP contribution >= 0.6 is 0 Å². The number of alkyl halides is 3. The van der Waals surface area contributed by atoms with E-state index in [1.807, 2.05) is 0 Å². The normalized spacial score (nSPS) is 16.1. The number of hydrogen-bond acceptors (Lipinski definition) is 3. The molecule has 1 heterocycles. The maximum atomic E-state index is 12.8. The van der Waals surface area contributed by atoms with Gasteiger partial charge < -0.3 is 10.1 Å². The summed E-state index contributed by atoms with van der Waals surface area (Å²) in [5.74, 6) is 0. The molecule has 0 aliphatic carbocycles. The SMILES string of the molecule is N#Cc1ccc(NC2COC2)c(C(F)(F)F)c1. The van der Waals surface area contributed by atoms with Crippen LogP contribution in [0.2, 0.25) is 0 Å². The van der Waals surface area contributed by atoms with E-state index in [2.05, 4.69) is 5.32 Å². The van der Waals surface area contributed by atoms with Crippen LogP contribution in [0.3, 0.4) is 0 Å². The van der Waals surface area contributed by atoms with E-state index >= 15 is 0 Å². The second kappa shape index (κ2) is 4.26. The molecular formula is C11H9F3N2O. The third-order valence-corrected chi connectivity index (χ3v) is 2.45. The van der Waals surface area contributed by atoms with Gasteiger partial charge in [-0.05, 0) is 18.2 Å². The Morgan fingerprint density at radius 2 is 2.06 bits per heavy atom. The highest BCUT2D eigenvalue weighted by molar-refractivity contribution is 5.56. The molecule has 90 valence electrons. The average molecular weight is 242 g/mol. The third kappa shape index (κ3) is 2.50. The summed E-state index contributed by atoms with van der Waals surface area (Å²) >= 11 is 0. The molecule has 1 saturated heterocycles. The highest BCUT2D eigenvalue weighted by Gasteiger charge is 2.34. The number of anilines is 1. The summed E-state index contributed by atoms with van der Waals surface area (Å²) in [7, 11) is 0. The fraction of sp³-hybridized carbons (Fsp3) is 0.364. The lowest BCUT2D eigenvalue weighted by atomic mass is 10.1. The molecule has 2 rings (SSSR count). The van der Waals surface area contributed by atoms with Crippen molar-refractivity contribution in [1.29, 1.82) is 5.26 Å². The standard InChI is InChI=1S/C11H9F3N2O/c12-11(13,14)9-3-7(4-15)1-2-10(9)16-8-5-17-6-8/h1-3,8,16H,5-6H2. The van der Waals surface area contributed by atoms with E-state index in [4.69, 9.17) is 10.00 Å². The predicted molar refractivity (Wildman–Crippen MR) is 54.4 cm³/mol. The molecule has 1 aromatic carbocycles. The largest absolute Gasteiger partial charge is 0.418 e. The minimum Gasteiger partial charge on any atom is -0.377 e. The topological polar surface area (TPSA) is 45.0 Å². The first-order chi connectivity index (χ1) is 8.00. The molecule has 1 aliphatic rings. The van der Waals surface area contributed by atoms with Crippen LogP contribution in [0.5, 0.6) is 0 Å². The molecule has 3 nitrogen and oxygen atoms in total. The van der Waals surface area contributed by atoms with Gasteiger partial charge in [0.25, 0.3) is 0 Å². The highest BCUT2D eigenvalue weighted by atomic mass is 19.4. The van der Waals surface area contributed by atoms with Crippen LogP contribution in [0.15, 0.2) is 18.2 Å². The summed E-state index contributed by atoms with van der Waals surface area (Å²) < 4.78 is 43.2. The molecule has 6 heteroatoms. The number of halogens is 3. The summed E-state index contributed by atoms with van der Waals surface area (Å²) in [4.78, 5) is 0. The molecule has 1 fully saturated rings. The summed E-state index contributed by atoms with van der Waals surface area (Å²) in [6, 6.07) is 5.09. The zero-order chi connectivity index (χ0) is 12.5. The van der Waals surface area contributed by atoms with Crippen LogP contribution in [0.1, 0.15) is 11.1 Å². The fourth-order valence-electron chi connectivity index (χ4n) is 1.51. The Labute approximate surface area is 95.8 Å². The first-order valence-corrected chi connectivity index (χ1v) is 4.96. The zero-order valence-electron chi connectivity index (χ0n) is 8.71. The second-order valence-corrected chi connectivity index (χ2v) is 3.75. The van der Waals surface area contributed by atoms with Crippen LogP contribution in [0.25, 0.3) is 0 Å². The van der Waals surface area contributed by atoms with Gasteiger partial charge >= 0.3 is 6.18 Å². The van der Waals surface area contributed by atoms with Crippen molar-refractivity contribution in [3.8, 4) is 6.07 Å². The Morgan fingerprint density at radius 1 is 1.35 bits per heavy atom. The number of nitriles is 1. The van der Waals surface area contributed by atoms with Crippen molar-refractivity contribution < 1.29 is 17.9 Å². The Hall–Kier alpha value is -1.74. The van der Waals surface area contributed by atoms with Crippen molar-refractivity contribution in [2.24, 2.45) is 0 Å². The van der Waals surface area contributed by atoms with Gasteiger partial charge in [0.2, 0.25) is 0 Å². The van der Waals surface area contributed by atoms with E-state index in [1.165, 1.54) is 12.1 Å². The number of rotatable bonds is 2. The van der Waals surface area contributed by atoms with Gasteiger partial charge in [0.15, 0.2) is 0 Å². The smallest absolute Gasteiger partial charge is 0.377 e. The Morgan fingerprint density at radius 3 is 2.53 bits per heavy atom. The van der Waals surface area contributed by atoms with Crippen LogP contribution < -0.4 is 5.32 Å². The van der Waals surface area contributed by atoms with Crippen LogP contribution in [-0.2, 0) is 10.9 Å². The summed E-state index contributed by atoms with van der Waals surface area (Å²) in [6.45, 7) is 0.800. The first kappa shape index (κ1) is 11.7. The summed E-state index contributed by atoms with van der Waals surface area (Å²) in [5.41, 5.74) is -0.832. The molecular weight excluding hydrogens is 233 g/mol. The van der Waals surface area contributed by atoms with Gasteiger partial charge in [-0.1, -0.05) is 0 Å². The van der Waals surface area contributed by atoms with Gasteiger partial charge in [0, 0.05) is 5.69 Å². The number of nitrogens with zero attached hydrogens (tertiary/aromatic N) is 1. The van der Waals surface area contributed by atoms with Crippen molar-refractivity contribution in [1.82, 2.24) is 0 Å². The highest BCUT2D eigenvalue weighted by Crippen LogP contribution is 2.36. The molecule has 0 radical (unpaired) electrons. The maximum Gasteiger partial charge on any atom is 0.418 e. The molecule has 0 bridgehead atoms. The minimum atomic E-state index is -4.47. The average Bonchev–Trinajstić information content (AvgIpc) is 2.22. The summed E-state index contributed by atoms with van der Waals surface area (Å²) in [6.07, 6.45) is -4.47. The van der Waals surface area contributed by atoms with Crippen LogP contribution in [0, 0.1) is 11.3 Å².